The Hall–Kier alpha value is -2.55. The zero-order valence-electron chi connectivity index (χ0n) is 8.86. The maximum Gasteiger partial charge on any atom is 0.282 e. The summed E-state index contributed by atoms with van der Waals surface area (Å²) >= 11 is 1.11. The van der Waals surface area contributed by atoms with Gasteiger partial charge in [-0.3, -0.25) is 20.2 Å². The van der Waals surface area contributed by atoms with Crippen LogP contribution in [-0.2, 0) is 0 Å². The van der Waals surface area contributed by atoms with E-state index < -0.39 is 10.8 Å². The average molecular weight is 265 g/mol. The first kappa shape index (κ1) is 11.9. The van der Waals surface area contributed by atoms with Crippen LogP contribution in [0.5, 0.6) is 0 Å². The van der Waals surface area contributed by atoms with Gasteiger partial charge < -0.3 is 5.73 Å². The van der Waals surface area contributed by atoms with Crippen LogP contribution >= 0.6 is 11.3 Å². The zero-order valence-corrected chi connectivity index (χ0v) is 9.68. The lowest BCUT2D eigenvalue weighted by Crippen LogP contribution is -2.14. The highest BCUT2D eigenvalue weighted by molar-refractivity contribution is 7.13. The first-order valence-electron chi connectivity index (χ1n) is 4.69. The zero-order chi connectivity index (χ0) is 13.1. The summed E-state index contributed by atoms with van der Waals surface area (Å²) in [5.74, 6) is -0.647. The molecule has 2 aromatic rings. The Balaban J connectivity index is 2.34. The van der Waals surface area contributed by atoms with Crippen molar-refractivity contribution in [3.8, 4) is 0 Å². The minimum atomic E-state index is -0.647. The second kappa shape index (κ2) is 4.75. The van der Waals surface area contributed by atoms with Crippen molar-refractivity contribution in [1.82, 2.24) is 10.2 Å². The van der Waals surface area contributed by atoms with E-state index in [1.165, 1.54) is 23.7 Å². The molecular weight excluding hydrogens is 258 g/mol. The molecule has 0 saturated carbocycles. The lowest BCUT2D eigenvalue weighted by Gasteiger charge is -2.03. The molecule has 0 aliphatic carbocycles. The first-order chi connectivity index (χ1) is 8.58. The molecule has 0 fully saturated rings. The van der Waals surface area contributed by atoms with Gasteiger partial charge in [0.15, 0.2) is 0 Å². The summed E-state index contributed by atoms with van der Waals surface area (Å²) in [6.45, 7) is 0. The number of hydrogen-bond donors (Lipinski definition) is 2. The molecule has 1 amide bonds. The molecule has 0 atom stereocenters. The van der Waals surface area contributed by atoms with Crippen molar-refractivity contribution >= 4 is 33.8 Å². The highest BCUT2D eigenvalue weighted by Gasteiger charge is 2.21. The standard InChI is InChI=1S/C9H7N5O3S/c10-5-1-2-7(14(16)17)6(3-5)8(15)12-9-13-11-4-18-9/h1-4H,10H2,(H,12,13,15). The molecule has 92 valence electrons. The van der Waals surface area contributed by atoms with Crippen molar-refractivity contribution in [2.24, 2.45) is 0 Å². The third-order valence-electron chi connectivity index (χ3n) is 2.04. The van der Waals surface area contributed by atoms with Gasteiger partial charge in [0, 0.05) is 11.8 Å². The summed E-state index contributed by atoms with van der Waals surface area (Å²) in [5, 5.41) is 20.6. The summed E-state index contributed by atoms with van der Waals surface area (Å²) in [5.41, 5.74) is 6.78. The molecule has 0 aliphatic rings. The van der Waals surface area contributed by atoms with Crippen molar-refractivity contribution in [2.45, 2.75) is 0 Å². The number of benzene rings is 1. The molecule has 0 radical (unpaired) electrons. The SMILES string of the molecule is Nc1ccc([N+](=O)[O-])c(C(=O)Nc2nncs2)c1. The normalized spacial score (nSPS) is 10.0. The number of hydrogen-bond acceptors (Lipinski definition) is 7. The third-order valence-corrected chi connectivity index (χ3v) is 2.65. The molecule has 0 aliphatic heterocycles. The molecule has 1 aromatic heterocycles. The average Bonchev–Trinajstić information content (AvgIpc) is 2.81. The Labute approximate surface area is 105 Å². The summed E-state index contributed by atoms with van der Waals surface area (Å²) in [7, 11) is 0. The van der Waals surface area contributed by atoms with Crippen LogP contribution in [-0.4, -0.2) is 21.0 Å². The van der Waals surface area contributed by atoms with Gasteiger partial charge in [-0.15, -0.1) is 10.2 Å². The predicted octanol–water partition coefficient (Wildman–Crippen LogP) is 1.28. The number of carbonyl (C=O) groups excluding carboxylic acids is 1. The number of carbonyl (C=O) groups is 1. The minimum absolute atomic E-state index is 0.116. The van der Waals surface area contributed by atoms with E-state index in [-0.39, 0.29) is 22.1 Å². The second-order valence-electron chi connectivity index (χ2n) is 3.23. The van der Waals surface area contributed by atoms with Crippen molar-refractivity contribution in [3.05, 3.63) is 39.4 Å². The van der Waals surface area contributed by atoms with Gasteiger partial charge in [0.1, 0.15) is 11.1 Å². The number of anilines is 2. The van der Waals surface area contributed by atoms with Crippen LogP contribution in [0, 0.1) is 10.1 Å². The number of rotatable bonds is 3. The molecule has 1 heterocycles. The van der Waals surface area contributed by atoms with Gasteiger partial charge in [0.05, 0.1) is 4.92 Å². The van der Waals surface area contributed by atoms with Crippen LogP contribution in [0.1, 0.15) is 10.4 Å². The molecular formula is C9H7N5O3S. The smallest absolute Gasteiger partial charge is 0.282 e. The van der Waals surface area contributed by atoms with E-state index in [0.717, 1.165) is 11.3 Å². The van der Waals surface area contributed by atoms with E-state index in [9.17, 15) is 14.9 Å². The Morgan fingerprint density at radius 2 is 2.28 bits per heavy atom. The van der Waals surface area contributed by atoms with Crippen molar-refractivity contribution < 1.29 is 9.72 Å². The lowest BCUT2D eigenvalue weighted by atomic mass is 10.1. The van der Waals surface area contributed by atoms with Crippen LogP contribution in [0.3, 0.4) is 0 Å². The molecule has 0 saturated heterocycles. The second-order valence-corrected chi connectivity index (χ2v) is 4.06. The van der Waals surface area contributed by atoms with E-state index >= 15 is 0 Å². The van der Waals surface area contributed by atoms with Crippen molar-refractivity contribution in [3.63, 3.8) is 0 Å². The van der Waals surface area contributed by atoms with Gasteiger partial charge in [-0.1, -0.05) is 11.3 Å². The Morgan fingerprint density at radius 3 is 2.89 bits per heavy atom. The number of nitro groups is 1. The summed E-state index contributed by atoms with van der Waals surface area (Å²) in [6.07, 6.45) is 0. The van der Waals surface area contributed by atoms with Crippen LogP contribution < -0.4 is 11.1 Å². The number of aromatic nitrogens is 2. The highest BCUT2D eigenvalue weighted by Crippen LogP contribution is 2.22. The largest absolute Gasteiger partial charge is 0.399 e. The maximum atomic E-state index is 11.9. The maximum absolute atomic E-state index is 11.9. The predicted molar refractivity (Wildman–Crippen MR) is 65.4 cm³/mol. The number of nitrogens with zero attached hydrogens (tertiary/aromatic N) is 3. The topological polar surface area (TPSA) is 124 Å². The van der Waals surface area contributed by atoms with E-state index in [0.29, 0.717) is 0 Å². The number of nitro benzene ring substituents is 1. The van der Waals surface area contributed by atoms with Crippen LogP contribution in [0.25, 0.3) is 0 Å². The fourth-order valence-electron chi connectivity index (χ4n) is 1.29. The van der Waals surface area contributed by atoms with Gasteiger partial charge in [-0.2, -0.15) is 0 Å². The molecule has 0 spiro atoms. The quantitative estimate of drug-likeness (QED) is 0.489. The lowest BCUT2D eigenvalue weighted by molar-refractivity contribution is -0.385. The van der Waals surface area contributed by atoms with Crippen LogP contribution in [0.2, 0.25) is 0 Å². The summed E-state index contributed by atoms with van der Waals surface area (Å²) in [6, 6.07) is 3.79. The summed E-state index contributed by atoms with van der Waals surface area (Å²) in [4.78, 5) is 22.0. The molecule has 1 aromatic carbocycles. The van der Waals surface area contributed by atoms with Crippen molar-refractivity contribution in [1.29, 1.82) is 0 Å². The molecule has 18 heavy (non-hydrogen) atoms. The van der Waals surface area contributed by atoms with Gasteiger partial charge in [-0.25, -0.2) is 0 Å². The Morgan fingerprint density at radius 1 is 1.50 bits per heavy atom. The fourth-order valence-corrected chi connectivity index (χ4v) is 1.73. The first-order valence-corrected chi connectivity index (χ1v) is 5.57. The fraction of sp³-hybridized carbons (Fsp3) is 0. The van der Waals surface area contributed by atoms with Gasteiger partial charge in [0.25, 0.3) is 11.6 Å². The van der Waals surface area contributed by atoms with Gasteiger partial charge >= 0.3 is 0 Å². The highest BCUT2D eigenvalue weighted by atomic mass is 32.1. The van der Waals surface area contributed by atoms with E-state index in [1.807, 2.05) is 0 Å². The number of amides is 1. The van der Waals surface area contributed by atoms with Gasteiger partial charge in [0.2, 0.25) is 5.13 Å². The molecule has 8 nitrogen and oxygen atoms in total. The summed E-state index contributed by atoms with van der Waals surface area (Å²) < 4.78 is 0. The van der Waals surface area contributed by atoms with Crippen molar-refractivity contribution in [2.75, 3.05) is 11.1 Å². The van der Waals surface area contributed by atoms with E-state index in [1.54, 1.807) is 0 Å². The monoisotopic (exact) mass is 265 g/mol. The number of nitrogens with one attached hydrogen (secondary N) is 1. The van der Waals surface area contributed by atoms with E-state index in [4.69, 9.17) is 5.73 Å². The van der Waals surface area contributed by atoms with Crippen LogP contribution in [0.4, 0.5) is 16.5 Å². The number of nitrogens with two attached hydrogens (primary N) is 1. The van der Waals surface area contributed by atoms with E-state index in [2.05, 4.69) is 15.5 Å². The Kier molecular flexibility index (Phi) is 3.15. The molecule has 2 rings (SSSR count). The molecule has 0 bridgehead atoms. The number of nitrogen functional groups attached to an aromatic ring is 1. The van der Waals surface area contributed by atoms with Crippen LogP contribution in [0.15, 0.2) is 23.7 Å². The Bertz CT molecular complexity index is 598. The third kappa shape index (κ3) is 2.40. The molecule has 0 unspecified atom stereocenters. The molecule has 3 N–H and O–H groups in total. The van der Waals surface area contributed by atoms with Gasteiger partial charge in [-0.05, 0) is 12.1 Å². The molecule has 9 heteroatoms. The minimum Gasteiger partial charge on any atom is -0.399 e.